The van der Waals surface area contributed by atoms with E-state index in [0.717, 1.165) is 0 Å². The summed E-state index contributed by atoms with van der Waals surface area (Å²) in [5.41, 5.74) is 5.51. The molecule has 0 heterocycles. The molecule has 0 spiro atoms. The largest absolute Gasteiger partial charge is 0.506 e. The Morgan fingerprint density at radius 2 is 2.17 bits per heavy atom. The summed E-state index contributed by atoms with van der Waals surface area (Å²) in [6.07, 6.45) is -2.11. The van der Waals surface area contributed by atoms with Gasteiger partial charge in [0.25, 0.3) is 0 Å². The Balaban J connectivity index is 3.03. The van der Waals surface area contributed by atoms with Gasteiger partial charge in [-0.15, -0.1) is 0 Å². The number of nitrogens with two attached hydrogens (primary N) is 1. The number of rotatable bonds is 4. The normalized spacial score (nSPS) is 14.1. The maximum Gasteiger partial charge on any atom is 0.342 e. The van der Waals surface area contributed by atoms with E-state index in [1.54, 1.807) is 6.92 Å². The fourth-order valence-corrected chi connectivity index (χ4v) is 1.88. The summed E-state index contributed by atoms with van der Waals surface area (Å²) in [6.45, 7) is 1.58. The predicted octanol–water partition coefficient (Wildman–Crippen LogP) is 2.60. The van der Waals surface area contributed by atoms with Crippen LogP contribution in [0.25, 0.3) is 0 Å². The number of benzene rings is 1. The molecular weight excluding hydrogens is 284 g/mol. The number of halogens is 3. The van der Waals surface area contributed by atoms with Crippen LogP contribution in [0.15, 0.2) is 12.1 Å². The zero-order chi connectivity index (χ0) is 13.9. The molecule has 4 nitrogen and oxygen atoms in total. The number of phenolic OH excluding ortho intramolecular Hbond substituents is 1. The number of aromatic hydroxyl groups is 1. The average Bonchev–Trinajstić information content (AvgIpc) is 2.32. The van der Waals surface area contributed by atoms with Crippen molar-refractivity contribution in [1.82, 2.24) is 0 Å². The van der Waals surface area contributed by atoms with Crippen LogP contribution >= 0.6 is 23.2 Å². The molecule has 0 aliphatic rings. The monoisotopic (exact) mass is 295 g/mol. The predicted molar refractivity (Wildman–Crippen MR) is 66.6 cm³/mol. The number of alkyl halides is 1. The molecule has 0 saturated carbocycles. The first kappa shape index (κ1) is 15.0. The van der Waals surface area contributed by atoms with Gasteiger partial charge in [-0.1, -0.05) is 23.2 Å². The van der Waals surface area contributed by atoms with Crippen LogP contribution in [0.1, 0.15) is 18.5 Å². The van der Waals surface area contributed by atoms with Crippen molar-refractivity contribution >= 4 is 29.2 Å². The Hall–Kier alpha value is -1.04. The molecular formula is C11H12Cl2FNO3. The third kappa shape index (κ3) is 3.25. The van der Waals surface area contributed by atoms with Crippen molar-refractivity contribution < 1.29 is 19.0 Å². The molecule has 0 aromatic heterocycles. The second kappa shape index (κ2) is 6.22. The van der Waals surface area contributed by atoms with Crippen LogP contribution in [-0.4, -0.2) is 23.9 Å². The Bertz CT molecular complexity index is 456. The third-order valence-electron chi connectivity index (χ3n) is 2.24. The number of hydrogen-bond donors (Lipinski definition) is 2. The summed E-state index contributed by atoms with van der Waals surface area (Å²) in [4.78, 5) is 11.2. The van der Waals surface area contributed by atoms with Crippen molar-refractivity contribution in [3.05, 3.63) is 27.7 Å². The first-order valence-electron chi connectivity index (χ1n) is 5.12. The molecule has 0 saturated heterocycles. The van der Waals surface area contributed by atoms with E-state index in [9.17, 15) is 14.3 Å². The Labute approximate surface area is 113 Å². The number of hydrogen-bond acceptors (Lipinski definition) is 4. The maximum absolute atomic E-state index is 13.7. The number of esters is 1. The number of carbonyl (C=O) groups excluding carboxylic acids is 1. The molecule has 0 amide bonds. The van der Waals surface area contributed by atoms with Crippen LogP contribution in [-0.2, 0) is 9.53 Å². The van der Waals surface area contributed by atoms with Crippen LogP contribution < -0.4 is 5.73 Å². The maximum atomic E-state index is 13.7. The highest BCUT2D eigenvalue weighted by molar-refractivity contribution is 6.35. The van der Waals surface area contributed by atoms with Crippen molar-refractivity contribution in [2.45, 2.75) is 19.1 Å². The molecule has 0 aliphatic carbocycles. The number of phenols is 1. The van der Waals surface area contributed by atoms with Gasteiger partial charge in [-0.25, -0.2) is 9.18 Å². The lowest BCUT2D eigenvalue weighted by atomic mass is 10.0. The molecule has 0 radical (unpaired) electrons. The lowest BCUT2D eigenvalue weighted by Gasteiger charge is -2.17. The van der Waals surface area contributed by atoms with Crippen molar-refractivity contribution in [3.8, 4) is 5.75 Å². The van der Waals surface area contributed by atoms with E-state index in [1.165, 1.54) is 12.1 Å². The molecule has 2 atom stereocenters. The smallest absolute Gasteiger partial charge is 0.342 e. The van der Waals surface area contributed by atoms with Gasteiger partial charge in [-0.05, 0) is 19.1 Å². The first-order valence-corrected chi connectivity index (χ1v) is 5.88. The summed E-state index contributed by atoms with van der Waals surface area (Å²) < 4.78 is 18.2. The van der Waals surface area contributed by atoms with E-state index in [0.29, 0.717) is 0 Å². The van der Waals surface area contributed by atoms with Crippen molar-refractivity contribution in [2.75, 3.05) is 6.61 Å². The quantitative estimate of drug-likeness (QED) is 0.838. The number of ether oxygens (including phenoxy) is 1. The average molecular weight is 296 g/mol. The first-order chi connectivity index (χ1) is 8.38. The van der Waals surface area contributed by atoms with E-state index in [1.807, 2.05) is 0 Å². The Morgan fingerprint density at radius 1 is 1.56 bits per heavy atom. The Kier molecular flexibility index (Phi) is 5.19. The molecule has 7 heteroatoms. The fourth-order valence-electron chi connectivity index (χ4n) is 1.37. The minimum Gasteiger partial charge on any atom is -0.506 e. The highest BCUT2D eigenvalue weighted by Gasteiger charge is 2.30. The zero-order valence-electron chi connectivity index (χ0n) is 9.49. The Morgan fingerprint density at radius 3 is 2.72 bits per heavy atom. The second-order valence-electron chi connectivity index (χ2n) is 3.51. The molecule has 0 fully saturated rings. The minimum absolute atomic E-state index is 0.0360. The molecule has 18 heavy (non-hydrogen) atoms. The van der Waals surface area contributed by atoms with Gasteiger partial charge in [0, 0.05) is 10.6 Å². The van der Waals surface area contributed by atoms with Crippen LogP contribution in [0, 0.1) is 0 Å². The molecule has 1 unspecified atom stereocenters. The second-order valence-corrected chi connectivity index (χ2v) is 4.35. The molecule has 0 aliphatic heterocycles. The van der Waals surface area contributed by atoms with Gasteiger partial charge in [0.05, 0.1) is 17.7 Å². The van der Waals surface area contributed by atoms with E-state index < -0.39 is 23.9 Å². The van der Waals surface area contributed by atoms with Crippen molar-refractivity contribution in [3.63, 3.8) is 0 Å². The summed E-state index contributed by atoms with van der Waals surface area (Å²) in [6, 6.07) is 1.13. The fraction of sp³-hybridized carbons (Fsp3) is 0.364. The van der Waals surface area contributed by atoms with Crippen molar-refractivity contribution in [1.29, 1.82) is 0 Å². The van der Waals surface area contributed by atoms with Crippen LogP contribution in [0.2, 0.25) is 10.0 Å². The van der Waals surface area contributed by atoms with Crippen LogP contribution in [0.5, 0.6) is 5.75 Å². The topological polar surface area (TPSA) is 72.5 Å². The molecule has 100 valence electrons. The molecule has 1 rings (SSSR count). The lowest BCUT2D eigenvalue weighted by Crippen LogP contribution is -2.31. The standard InChI is InChI=1S/C11H12Cl2FNO3/c1-2-18-11(17)8(14)9(15)6-3-5(12)4-7(13)10(6)16/h3-4,8-9,16H,2,15H2,1H3/t8?,9-/m0/s1. The zero-order valence-corrected chi connectivity index (χ0v) is 11.0. The highest BCUT2D eigenvalue weighted by Crippen LogP contribution is 2.35. The molecule has 1 aromatic rings. The summed E-state index contributed by atoms with van der Waals surface area (Å²) in [7, 11) is 0. The summed E-state index contributed by atoms with van der Waals surface area (Å²) in [5.74, 6) is -1.50. The van der Waals surface area contributed by atoms with Crippen LogP contribution in [0.4, 0.5) is 4.39 Å². The van der Waals surface area contributed by atoms with E-state index in [4.69, 9.17) is 28.9 Å². The SMILES string of the molecule is CCOC(=O)C(F)[C@@H](N)c1cc(Cl)cc(Cl)c1O. The van der Waals surface area contributed by atoms with Gasteiger partial charge in [0.2, 0.25) is 6.17 Å². The van der Waals surface area contributed by atoms with Crippen LogP contribution in [0.3, 0.4) is 0 Å². The third-order valence-corrected chi connectivity index (χ3v) is 2.75. The van der Waals surface area contributed by atoms with E-state index in [-0.39, 0.29) is 22.2 Å². The van der Waals surface area contributed by atoms with Gasteiger partial charge >= 0.3 is 5.97 Å². The lowest BCUT2D eigenvalue weighted by molar-refractivity contribution is -0.149. The molecule has 0 bridgehead atoms. The van der Waals surface area contributed by atoms with E-state index >= 15 is 0 Å². The number of carbonyl (C=O) groups is 1. The summed E-state index contributed by atoms with van der Waals surface area (Å²) >= 11 is 11.4. The highest BCUT2D eigenvalue weighted by atomic mass is 35.5. The van der Waals surface area contributed by atoms with Gasteiger partial charge < -0.3 is 15.6 Å². The molecule has 3 N–H and O–H groups in total. The van der Waals surface area contributed by atoms with Crippen molar-refractivity contribution in [2.24, 2.45) is 5.73 Å². The van der Waals surface area contributed by atoms with E-state index in [2.05, 4.69) is 4.74 Å². The minimum atomic E-state index is -2.11. The molecule has 1 aromatic carbocycles. The summed E-state index contributed by atoms with van der Waals surface area (Å²) in [5, 5.41) is 9.78. The van der Waals surface area contributed by atoms with Gasteiger partial charge in [-0.3, -0.25) is 0 Å². The van der Waals surface area contributed by atoms with Gasteiger partial charge in [0.1, 0.15) is 5.75 Å². The van der Waals surface area contributed by atoms with Gasteiger partial charge in [0.15, 0.2) is 0 Å². The van der Waals surface area contributed by atoms with Gasteiger partial charge in [-0.2, -0.15) is 0 Å².